The fourth-order valence-corrected chi connectivity index (χ4v) is 2.48. The van der Waals surface area contributed by atoms with Crippen molar-refractivity contribution in [2.45, 2.75) is 38.8 Å². The lowest BCUT2D eigenvalue weighted by molar-refractivity contribution is 0.0697. The Kier molecular flexibility index (Phi) is 3.87. The summed E-state index contributed by atoms with van der Waals surface area (Å²) in [5.74, 6) is -0.931. The smallest absolute Gasteiger partial charge is 0.335 e. The van der Waals surface area contributed by atoms with E-state index in [0.717, 1.165) is 18.7 Å². The number of benzene rings is 1. The molecule has 3 N–H and O–H groups in total. The van der Waals surface area contributed by atoms with Gasteiger partial charge in [0.05, 0.1) is 5.56 Å². The van der Waals surface area contributed by atoms with E-state index in [0.29, 0.717) is 11.7 Å². The number of anilines is 1. The first-order valence-corrected chi connectivity index (χ1v) is 6.43. The fraction of sp³-hybridized carbons (Fsp3) is 0.500. The van der Waals surface area contributed by atoms with Crippen LogP contribution in [0.3, 0.4) is 0 Å². The van der Waals surface area contributed by atoms with Crippen molar-refractivity contribution >= 4 is 11.7 Å². The standard InChI is InChI=1S/C14H20N2O2/c1-10-4-2-3-7-16(10)9-12-6-5-11(14(17)18)8-13(12)15/h5-6,8,10H,2-4,7,9,15H2,1H3,(H,17,18). The summed E-state index contributed by atoms with van der Waals surface area (Å²) in [5, 5.41) is 8.90. The van der Waals surface area contributed by atoms with Gasteiger partial charge in [-0.05, 0) is 44.0 Å². The lowest BCUT2D eigenvalue weighted by Gasteiger charge is -2.33. The Morgan fingerprint density at radius 1 is 1.50 bits per heavy atom. The molecule has 0 bridgehead atoms. The van der Waals surface area contributed by atoms with Crippen LogP contribution in [0.5, 0.6) is 0 Å². The largest absolute Gasteiger partial charge is 0.478 e. The van der Waals surface area contributed by atoms with Gasteiger partial charge in [0.15, 0.2) is 0 Å². The number of carboxylic acids is 1. The van der Waals surface area contributed by atoms with Gasteiger partial charge in [-0.15, -0.1) is 0 Å². The molecule has 0 amide bonds. The molecule has 98 valence electrons. The predicted octanol–water partition coefficient (Wildman–Crippen LogP) is 2.34. The Morgan fingerprint density at radius 2 is 2.28 bits per heavy atom. The Balaban J connectivity index is 2.11. The van der Waals surface area contributed by atoms with Gasteiger partial charge in [-0.3, -0.25) is 4.90 Å². The van der Waals surface area contributed by atoms with Crippen molar-refractivity contribution in [2.75, 3.05) is 12.3 Å². The summed E-state index contributed by atoms with van der Waals surface area (Å²) in [7, 11) is 0. The number of rotatable bonds is 3. The summed E-state index contributed by atoms with van der Waals surface area (Å²) >= 11 is 0. The molecule has 1 heterocycles. The molecule has 4 heteroatoms. The zero-order chi connectivity index (χ0) is 13.1. The van der Waals surface area contributed by atoms with Gasteiger partial charge in [-0.25, -0.2) is 4.79 Å². The van der Waals surface area contributed by atoms with E-state index in [-0.39, 0.29) is 5.56 Å². The quantitative estimate of drug-likeness (QED) is 0.806. The molecule has 0 saturated carbocycles. The lowest BCUT2D eigenvalue weighted by Crippen LogP contribution is -2.36. The minimum atomic E-state index is -0.931. The normalized spacial score (nSPS) is 20.8. The van der Waals surface area contributed by atoms with Crippen molar-refractivity contribution in [2.24, 2.45) is 0 Å². The number of nitrogens with zero attached hydrogens (tertiary/aromatic N) is 1. The minimum absolute atomic E-state index is 0.253. The number of piperidine rings is 1. The summed E-state index contributed by atoms with van der Waals surface area (Å²) < 4.78 is 0. The Hall–Kier alpha value is -1.55. The zero-order valence-electron chi connectivity index (χ0n) is 10.7. The van der Waals surface area contributed by atoms with Crippen LogP contribution < -0.4 is 5.73 Å². The van der Waals surface area contributed by atoms with Gasteiger partial charge in [0.1, 0.15) is 0 Å². The highest BCUT2D eigenvalue weighted by atomic mass is 16.4. The third-order valence-corrected chi connectivity index (χ3v) is 3.71. The van der Waals surface area contributed by atoms with Crippen molar-refractivity contribution in [1.82, 2.24) is 4.90 Å². The second kappa shape index (κ2) is 5.40. The van der Waals surface area contributed by atoms with Crippen molar-refractivity contribution in [1.29, 1.82) is 0 Å². The SMILES string of the molecule is CC1CCCCN1Cc1ccc(C(=O)O)cc1N. The van der Waals surface area contributed by atoms with Crippen LogP contribution in [0.2, 0.25) is 0 Å². The van der Waals surface area contributed by atoms with E-state index >= 15 is 0 Å². The molecule has 1 atom stereocenters. The Labute approximate surface area is 107 Å². The molecular formula is C14H20N2O2. The maximum atomic E-state index is 10.8. The molecule has 0 spiro atoms. The van der Waals surface area contributed by atoms with Gasteiger partial charge in [0.25, 0.3) is 0 Å². The van der Waals surface area contributed by atoms with Crippen molar-refractivity contribution in [3.8, 4) is 0 Å². The highest BCUT2D eigenvalue weighted by Gasteiger charge is 2.19. The molecule has 1 aromatic carbocycles. The number of carboxylic acid groups (broad SMARTS) is 1. The average Bonchev–Trinajstić information content (AvgIpc) is 2.34. The van der Waals surface area contributed by atoms with E-state index in [9.17, 15) is 4.79 Å². The highest BCUT2D eigenvalue weighted by molar-refractivity contribution is 5.88. The van der Waals surface area contributed by atoms with E-state index < -0.39 is 5.97 Å². The topological polar surface area (TPSA) is 66.6 Å². The summed E-state index contributed by atoms with van der Waals surface area (Å²) in [5.41, 5.74) is 7.78. The second-order valence-corrected chi connectivity index (χ2v) is 5.03. The number of nitrogen functional groups attached to an aromatic ring is 1. The van der Waals surface area contributed by atoms with E-state index in [4.69, 9.17) is 10.8 Å². The molecule has 1 unspecified atom stereocenters. The van der Waals surface area contributed by atoms with E-state index in [1.807, 2.05) is 6.07 Å². The van der Waals surface area contributed by atoms with Gasteiger partial charge in [-0.2, -0.15) is 0 Å². The first kappa shape index (κ1) is 12.9. The molecule has 1 fully saturated rings. The summed E-state index contributed by atoms with van der Waals surface area (Å²) in [6.07, 6.45) is 3.76. The maximum absolute atomic E-state index is 10.8. The van der Waals surface area contributed by atoms with Crippen LogP contribution in [-0.2, 0) is 6.54 Å². The van der Waals surface area contributed by atoms with Gasteiger partial charge >= 0.3 is 5.97 Å². The third kappa shape index (κ3) is 2.82. The van der Waals surface area contributed by atoms with E-state index in [2.05, 4.69) is 11.8 Å². The van der Waals surface area contributed by atoms with Crippen molar-refractivity contribution in [3.05, 3.63) is 29.3 Å². The zero-order valence-corrected chi connectivity index (χ0v) is 10.7. The number of hydrogen-bond donors (Lipinski definition) is 2. The Bertz CT molecular complexity index is 445. The highest BCUT2D eigenvalue weighted by Crippen LogP contribution is 2.22. The van der Waals surface area contributed by atoms with Gasteiger partial charge in [-0.1, -0.05) is 12.5 Å². The van der Waals surface area contributed by atoms with Gasteiger partial charge in [0.2, 0.25) is 0 Å². The number of likely N-dealkylation sites (tertiary alicyclic amines) is 1. The van der Waals surface area contributed by atoms with Crippen LogP contribution in [0, 0.1) is 0 Å². The molecular weight excluding hydrogens is 228 g/mol. The number of aromatic carboxylic acids is 1. The van der Waals surface area contributed by atoms with E-state index in [1.54, 1.807) is 12.1 Å². The average molecular weight is 248 g/mol. The minimum Gasteiger partial charge on any atom is -0.478 e. The maximum Gasteiger partial charge on any atom is 0.335 e. The number of carbonyl (C=O) groups is 1. The van der Waals surface area contributed by atoms with Crippen LogP contribution in [0.1, 0.15) is 42.1 Å². The molecule has 1 aromatic rings. The van der Waals surface area contributed by atoms with Crippen LogP contribution >= 0.6 is 0 Å². The van der Waals surface area contributed by atoms with Crippen molar-refractivity contribution in [3.63, 3.8) is 0 Å². The second-order valence-electron chi connectivity index (χ2n) is 5.03. The summed E-state index contributed by atoms with van der Waals surface area (Å²) in [6, 6.07) is 5.59. The third-order valence-electron chi connectivity index (χ3n) is 3.71. The first-order valence-electron chi connectivity index (χ1n) is 6.43. The first-order chi connectivity index (χ1) is 8.58. The van der Waals surface area contributed by atoms with Crippen LogP contribution in [0.25, 0.3) is 0 Å². The molecule has 0 aromatic heterocycles. The monoisotopic (exact) mass is 248 g/mol. The molecule has 4 nitrogen and oxygen atoms in total. The fourth-order valence-electron chi connectivity index (χ4n) is 2.48. The van der Waals surface area contributed by atoms with Gasteiger partial charge in [0, 0.05) is 18.3 Å². The Morgan fingerprint density at radius 3 is 2.89 bits per heavy atom. The van der Waals surface area contributed by atoms with Crippen molar-refractivity contribution < 1.29 is 9.90 Å². The number of nitrogens with two attached hydrogens (primary N) is 1. The van der Waals surface area contributed by atoms with Crippen LogP contribution in [0.4, 0.5) is 5.69 Å². The van der Waals surface area contributed by atoms with Crippen LogP contribution in [0.15, 0.2) is 18.2 Å². The molecule has 0 radical (unpaired) electrons. The number of hydrogen-bond acceptors (Lipinski definition) is 3. The van der Waals surface area contributed by atoms with Crippen LogP contribution in [-0.4, -0.2) is 28.6 Å². The molecule has 1 aliphatic heterocycles. The molecule has 1 saturated heterocycles. The summed E-state index contributed by atoms with van der Waals surface area (Å²) in [4.78, 5) is 13.3. The molecule has 18 heavy (non-hydrogen) atoms. The lowest BCUT2D eigenvalue weighted by atomic mass is 10.0. The van der Waals surface area contributed by atoms with Gasteiger partial charge < -0.3 is 10.8 Å². The summed E-state index contributed by atoms with van der Waals surface area (Å²) in [6.45, 7) is 4.15. The molecule has 1 aliphatic rings. The molecule has 2 rings (SSSR count). The van der Waals surface area contributed by atoms with E-state index in [1.165, 1.54) is 19.3 Å². The predicted molar refractivity (Wildman–Crippen MR) is 71.5 cm³/mol. The molecule has 0 aliphatic carbocycles.